The maximum absolute atomic E-state index is 11.1. The second kappa shape index (κ2) is 6.13. The van der Waals surface area contributed by atoms with Gasteiger partial charge in [-0.15, -0.1) is 5.11 Å². The van der Waals surface area contributed by atoms with Gasteiger partial charge < -0.3 is 20.4 Å². The van der Waals surface area contributed by atoms with E-state index in [4.69, 9.17) is 5.11 Å². The molecule has 0 saturated carbocycles. The third-order valence-electron chi connectivity index (χ3n) is 3.07. The molecule has 7 heteroatoms. The predicted octanol–water partition coefficient (Wildman–Crippen LogP) is 3.48. The van der Waals surface area contributed by atoms with Gasteiger partial charge in [0.25, 0.3) is 0 Å². The number of phenolic OH excluding ortho intramolecular Hbond substituents is 3. The topological polar surface area (TPSA) is 123 Å². The summed E-state index contributed by atoms with van der Waals surface area (Å²) in [6, 6.07) is 7.88. The number of nitrogens with zero attached hydrogens (tertiary/aromatic N) is 2. The van der Waals surface area contributed by atoms with E-state index in [1.807, 2.05) is 19.1 Å². The Hall–Kier alpha value is -3.09. The van der Waals surface area contributed by atoms with Crippen molar-refractivity contribution in [2.45, 2.75) is 13.3 Å². The zero-order valence-corrected chi connectivity index (χ0v) is 11.7. The molecule has 0 saturated heterocycles. The molecule has 2 aromatic rings. The van der Waals surface area contributed by atoms with Crippen LogP contribution in [0.25, 0.3) is 0 Å². The Morgan fingerprint density at radius 2 is 1.68 bits per heavy atom. The summed E-state index contributed by atoms with van der Waals surface area (Å²) in [5.41, 5.74) is 0.667. The van der Waals surface area contributed by atoms with Crippen LogP contribution in [0.1, 0.15) is 22.8 Å². The van der Waals surface area contributed by atoms with E-state index in [2.05, 4.69) is 10.2 Å². The molecule has 0 amide bonds. The predicted molar refractivity (Wildman–Crippen MR) is 78.4 cm³/mol. The number of phenols is 3. The second-order valence-electron chi connectivity index (χ2n) is 4.51. The van der Waals surface area contributed by atoms with Crippen molar-refractivity contribution < 1.29 is 25.2 Å². The van der Waals surface area contributed by atoms with E-state index in [1.165, 1.54) is 0 Å². The Balaban J connectivity index is 2.45. The first-order valence-corrected chi connectivity index (χ1v) is 6.46. The third kappa shape index (κ3) is 2.98. The Morgan fingerprint density at radius 1 is 1.05 bits per heavy atom. The van der Waals surface area contributed by atoms with Gasteiger partial charge in [0, 0.05) is 6.07 Å². The maximum Gasteiger partial charge on any atom is 0.338 e. The molecule has 0 fully saturated rings. The molecule has 7 nitrogen and oxygen atoms in total. The van der Waals surface area contributed by atoms with E-state index in [9.17, 15) is 20.1 Å². The molecule has 0 aliphatic rings. The fraction of sp³-hybridized carbons (Fsp3) is 0.133. The second-order valence-corrected chi connectivity index (χ2v) is 4.51. The lowest BCUT2D eigenvalue weighted by atomic mass is 10.1. The highest BCUT2D eigenvalue weighted by Gasteiger charge is 2.21. The van der Waals surface area contributed by atoms with Crippen LogP contribution >= 0.6 is 0 Å². The molecule has 0 atom stereocenters. The third-order valence-corrected chi connectivity index (χ3v) is 3.07. The van der Waals surface area contributed by atoms with Gasteiger partial charge in [0.05, 0.1) is 11.3 Å². The maximum atomic E-state index is 11.1. The number of carboxylic acids is 1. The molecule has 0 aliphatic carbocycles. The molecule has 4 N–H and O–H groups in total. The molecular formula is C15H14N2O5. The highest BCUT2D eigenvalue weighted by atomic mass is 16.4. The largest absolute Gasteiger partial charge is 0.504 e. The molecule has 114 valence electrons. The van der Waals surface area contributed by atoms with Crippen molar-refractivity contribution >= 4 is 17.3 Å². The molecule has 0 aromatic heterocycles. The molecule has 0 heterocycles. The fourth-order valence-corrected chi connectivity index (χ4v) is 1.80. The van der Waals surface area contributed by atoms with Gasteiger partial charge in [0.1, 0.15) is 5.69 Å². The zero-order chi connectivity index (χ0) is 16.3. The molecule has 0 unspecified atom stereocenters. The number of azo groups is 1. The van der Waals surface area contributed by atoms with Gasteiger partial charge in [0.2, 0.25) is 5.75 Å². The van der Waals surface area contributed by atoms with Crippen molar-refractivity contribution in [1.82, 2.24) is 0 Å². The van der Waals surface area contributed by atoms with Gasteiger partial charge in [-0.2, -0.15) is 5.11 Å². The Bertz CT molecular complexity index is 739. The molecule has 2 rings (SSSR count). The van der Waals surface area contributed by atoms with Crippen LogP contribution in [-0.2, 0) is 6.42 Å². The van der Waals surface area contributed by atoms with Crippen LogP contribution in [0.3, 0.4) is 0 Å². The van der Waals surface area contributed by atoms with Crippen molar-refractivity contribution in [3.05, 3.63) is 41.5 Å². The summed E-state index contributed by atoms with van der Waals surface area (Å²) < 4.78 is 0. The quantitative estimate of drug-likeness (QED) is 0.508. The zero-order valence-electron chi connectivity index (χ0n) is 11.7. The number of hydrogen-bond acceptors (Lipinski definition) is 6. The molecule has 2 aromatic carbocycles. The minimum absolute atomic E-state index is 0.428. The van der Waals surface area contributed by atoms with Gasteiger partial charge >= 0.3 is 5.97 Å². The van der Waals surface area contributed by atoms with E-state index < -0.39 is 34.5 Å². The first-order valence-electron chi connectivity index (χ1n) is 6.46. The van der Waals surface area contributed by atoms with Crippen LogP contribution in [-0.4, -0.2) is 26.4 Å². The Kier molecular flexibility index (Phi) is 4.26. The molecule has 22 heavy (non-hydrogen) atoms. The van der Waals surface area contributed by atoms with Crippen molar-refractivity contribution in [3.63, 3.8) is 0 Å². The number of rotatable bonds is 4. The average Bonchev–Trinajstić information content (AvgIpc) is 2.51. The monoisotopic (exact) mass is 302 g/mol. The fourth-order valence-electron chi connectivity index (χ4n) is 1.80. The number of carboxylic acid groups (broad SMARTS) is 1. The number of aromatic hydroxyl groups is 3. The van der Waals surface area contributed by atoms with Gasteiger partial charge in [-0.1, -0.05) is 19.1 Å². The number of benzene rings is 2. The summed E-state index contributed by atoms with van der Waals surface area (Å²) in [6.07, 6.45) is 0.868. The first-order chi connectivity index (χ1) is 10.4. The van der Waals surface area contributed by atoms with Crippen molar-refractivity contribution in [3.8, 4) is 17.2 Å². The summed E-state index contributed by atoms with van der Waals surface area (Å²) in [5.74, 6) is -3.85. The molecule has 0 aliphatic heterocycles. The van der Waals surface area contributed by atoms with Crippen LogP contribution < -0.4 is 0 Å². The van der Waals surface area contributed by atoms with E-state index in [-0.39, 0.29) is 0 Å². The summed E-state index contributed by atoms with van der Waals surface area (Å²) in [7, 11) is 0. The summed E-state index contributed by atoms with van der Waals surface area (Å²) in [4.78, 5) is 11.1. The van der Waals surface area contributed by atoms with E-state index >= 15 is 0 Å². The SMILES string of the molecule is CCc1ccc(N=Nc2c(C(=O)O)cc(O)c(O)c2O)cc1. The van der Waals surface area contributed by atoms with Crippen molar-refractivity contribution in [1.29, 1.82) is 0 Å². The molecular weight excluding hydrogens is 288 g/mol. The van der Waals surface area contributed by atoms with Crippen LogP contribution in [0, 0.1) is 0 Å². The van der Waals surface area contributed by atoms with Gasteiger partial charge in [-0.05, 0) is 24.1 Å². The lowest BCUT2D eigenvalue weighted by Gasteiger charge is -2.06. The summed E-state index contributed by atoms with van der Waals surface area (Å²) in [6.45, 7) is 2.01. The van der Waals surface area contributed by atoms with E-state index in [0.717, 1.165) is 18.1 Å². The highest BCUT2D eigenvalue weighted by Crippen LogP contribution is 2.45. The van der Waals surface area contributed by atoms with E-state index in [1.54, 1.807) is 12.1 Å². The van der Waals surface area contributed by atoms with Crippen LogP contribution in [0.4, 0.5) is 11.4 Å². The number of hydrogen-bond donors (Lipinski definition) is 4. The standard InChI is InChI=1S/C15H14N2O5/c1-2-8-3-5-9(6-4-8)16-17-12-10(15(21)22)7-11(18)13(19)14(12)20/h3-7,18-20H,2H2,1H3,(H,21,22). The van der Waals surface area contributed by atoms with Crippen LogP contribution in [0.15, 0.2) is 40.6 Å². The number of carbonyl (C=O) groups is 1. The van der Waals surface area contributed by atoms with Crippen LogP contribution in [0.2, 0.25) is 0 Å². The van der Waals surface area contributed by atoms with Crippen molar-refractivity contribution in [2.75, 3.05) is 0 Å². The minimum atomic E-state index is -1.42. The average molecular weight is 302 g/mol. The molecule has 0 spiro atoms. The normalized spacial score (nSPS) is 11.0. The van der Waals surface area contributed by atoms with Crippen LogP contribution in [0.5, 0.6) is 17.2 Å². The lowest BCUT2D eigenvalue weighted by molar-refractivity contribution is 0.0697. The number of aryl methyl sites for hydroxylation is 1. The Morgan fingerprint density at radius 3 is 2.23 bits per heavy atom. The van der Waals surface area contributed by atoms with Gasteiger partial charge in [0.15, 0.2) is 11.5 Å². The summed E-state index contributed by atoms with van der Waals surface area (Å²) >= 11 is 0. The van der Waals surface area contributed by atoms with Gasteiger partial charge in [-0.3, -0.25) is 0 Å². The smallest absolute Gasteiger partial charge is 0.338 e. The van der Waals surface area contributed by atoms with E-state index in [0.29, 0.717) is 5.69 Å². The van der Waals surface area contributed by atoms with Gasteiger partial charge in [-0.25, -0.2) is 4.79 Å². The summed E-state index contributed by atoms with van der Waals surface area (Å²) in [5, 5.41) is 45.1. The molecule has 0 bridgehead atoms. The minimum Gasteiger partial charge on any atom is -0.504 e. The Labute approximate surface area is 125 Å². The molecule has 0 radical (unpaired) electrons. The lowest BCUT2D eigenvalue weighted by Crippen LogP contribution is -1.96. The highest BCUT2D eigenvalue weighted by molar-refractivity contribution is 5.96. The first kappa shape index (κ1) is 15.3. The van der Waals surface area contributed by atoms with Crippen molar-refractivity contribution in [2.24, 2.45) is 10.2 Å². The number of aromatic carboxylic acids is 1.